The summed E-state index contributed by atoms with van der Waals surface area (Å²) in [4.78, 5) is 1.20. The topological polar surface area (TPSA) is 30.5 Å². The van der Waals surface area contributed by atoms with Crippen LogP contribution in [0.25, 0.3) is 0 Å². The highest BCUT2D eigenvalue weighted by Crippen LogP contribution is 2.43. The quantitative estimate of drug-likeness (QED) is 0.854. The van der Waals surface area contributed by atoms with Crippen molar-refractivity contribution in [2.75, 3.05) is 26.1 Å². The van der Waals surface area contributed by atoms with Crippen LogP contribution in [0.15, 0.2) is 17.0 Å². The second kappa shape index (κ2) is 4.18. The highest BCUT2D eigenvalue weighted by atomic mass is 32.2. The number of nitrogens with one attached hydrogen (secondary N) is 1. The Bertz CT molecular complexity index is 402. The summed E-state index contributed by atoms with van der Waals surface area (Å²) in [5.41, 5.74) is 1.29. The average Bonchev–Trinajstić information content (AvgIpc) is 2.97. The van der Waals surface area contributed by atoms with Gasteiger partial charge in [0.05, 0.1) is 12.0 Å². The Morgan fingerprint density at radius 2 is 2.44 bits per heavy atom. The maximum atomic E-state index is 5.59. The van der Waals surface area contributed by atoms with E-state index in [4.69, 9.17) is 9.47 Å². The lowest BCUT2D eigenvalue weighted by Crippen LogP contribution is -2.08. The Morgan fingerprint density at radius 1 is 1.50 bits per heavy atom. The van der Waals surface area contributed by atoms with Crippen molar-refractivity contribution in [3.05, 3.63) is 17.7 Å². The SMILES string of the molecule is COc1cc2c(cc1C1CCNC1)OCS2. The molecule has 1 N–H and O–H groups in total. The summed E-state index contributed by atoms with van der Waals surface area (Å²) in [6.45, 7) is 2.14. The van der Waals surface area contributed by atoms with Crippen molar-refractivity contribution in [3.63, 3.8) is 0 Å². The van der Waals surface area contributed by atoms with Gasteiger partial charge in [-0.2, -0.15) is 0 Å². The molecule has 2 aliphatic rings. The van der Waals surface area contributed by atoms with E-state index in [2.05, 4.69) is 17.4 Å². The van der Waals surface area contributed by atoms with Gasteiger partial charge >= 0.3 is 0 Å². The summed E-state index contributed by atoms with van der Waals surface area (Å²) in [7, 11) is 1.74. The van der Waals surface area contributed by atoms with Crippen molar-refractivity contribution < 1.29 is 9.47 Å². The fraction of sp³-hybridized carbons (Fsp3) is 0.500. The fourth-order valence-corrected chi connectivity index (χ4v) is 3.12. The molecule has 1 fully saturated rings. The smallest absolute Gasteiger partial charge is 0.138 e. The van der Waals surface area contributed by atoms with Crippen LogP contribution in [-0.2, 0) is 0 Å². The number of methoxy groups -OCH3 is 1. The van der Waals surface area contributed by atoms with Crippen LogP contribution in [0.4, 0.5) is 0 Å². The monoisotopic (exact) mass is 237 g/mol. The van der Waals surface area contributed by atoms with Crippen LogP contribution in [0.1, 0.15) is 17.9 Å². The maximum absolute atomic E-state index is 5.59. The maximum Gasteiger partial charge on any atom is 0.138 e. The molecule has 1 atom stereocenters. The molecule has 0 amide bonds. The van der Waals surface area contributed by atoms with Crippen molar-refractivity contribution in [2.24, 2.45) is 0 Å². The van der Waals surface area contributed by atoms with E-state index >= 15 is 0 Å². The molecule has 0 saturated carbocycles. The van der Waals surface area contributed by atoms with Crippen molar-refractivity contribution in [2.45, 2.75) is 17.2 Å². The van der Waals surface area contributed by atoms with Gasteiger partial charge in [-0.15, -0.1) is 0 Å². The van der Waals surface area contributed by atoms with Gasteiger partial charge < -0.3 is 14.8 Å². The highest BCUT2D eigenvalue weighted by molar-refractivity contribution is 7.99. The van der Waals surface area contributed by atoms with Crippen LogP contribution in [0.2, 0.25) is 0 Å². The number of hydrogen-bond donors (Lipinski definition) is 1. The van der Waals surface area contributed by atoms with Gasteiger partial charge in [0.25, 0.3) is 0 Å². The molecule has 1 aromatic rings. The predicted molar refractivity (Wildman–Crippen MR) is 64.6 cm³/mol. The minimum absolute atomic E-state index is 0.564. The van der Waals surface area contributed by atoms with Gasteiger partial charge in [-0.25, -0.2) is 0 Å². The molecule has 0 aliphatic carbocycles. The molecule has 86 valence electrons. The van der Waals surface area contributed by atoms with Gasteiger partial charge in [0.2, 0.25) is 0 Å². The minimum Gasteiger partial charge on any atom is -0.496 e. The van der Waals surface area contributed by atoms with E-state index in [0.29, 0.717) is 5.92 Å². The van der Waals surface area contributed by atoms with Crippen LogP contribution >= 0.6 is 11.8 Å². The third kappa shape index (κ3) is 1.66. The Kier molecular flexibility index (Phi) is 2.69. The van der Waals surface area contributed by atoms with Crippen LogP contribution in [0.3, 0.4) is 0 Å². The molecule has 0 radical (unpaired) electrons. The lowest BCUT2D eigenvalue weighted by Gasteiger charge is -2.15. The molecule has 4 heteroatoms. The fourth-order valence-electron chi connectivity index (χ4n) is 2.35. The van der Waals surface area contributed by atoms with E-state index in [1.165, 1.54) is 16.9 Å². The Labute approximate surface area is 99.5 Å². The first-order valence-electron chi connectivity index (χ1n) is 5.56. The molecule has 0 aromatic heterocycles. The number of ether oxygens (including phenoxy) is 2. The standard InChI is InChI=1S/C12H15NO2S/c1-14-10-5-12-11(15-7-16-12)4-9(10)8-2-3-13-6-8/h4-5,8,13H,2-3,6-7H2,1H3. The van der Waals surface area contributed by atoms with Crippen LogP contribution in [0, 0.1) is 0 Å². The summed E-state index contributed by atoms with van der Waals surface area (Å²) in [5, 5.41) is 3.39. The zero-order chi connectivity index (χ0) is 11.0. The Morgan fingerprint density at radius 3 is 3.19 bits per heavy atom. The molecule has 2 aliphatic heterocycles. The van der Waals surface area contributed by atoms with Gasteiger partial charge in [-0.3, -0.25) is 0 Å². The second-order valence-electron chi connectivity index (χ2n) is 4.14. The predicted octanol–water partition coefficient (Wildman–Crippen LogP) is 2.21. The molecule has 3 nitrogen and oxygen atoms in total. The van der Waals surface area contributed by atoms with E-state index in [1.54, 1.807) is 18.9 Å². The molecule has 1 saturated heterocycles. The van der Waals surface area contributed by atoms with E-state index < -0.39 is 0 Å². The van der Waals surface area contributed by atoms with Crippen molar-refractivity contribution >= 4 is 11.8 Å². The number of fused-ring (bicyclic) bond motifs is 1. The Hall–Kier alpha value is -0.870. The van der Waals surface area contributed by atoms with E-state index in [1.807, 2.05) is 0 Å². The second-order valence-corrected chi connectivity index (χ2v) is 5.10. The summed E-state index contributed by atoms with van der Waals surface area (Å²) in [5.74, 6) is 3.32. The van der Waals surface area contributed by atoms with E-state index in [0.717, 1.165) is 30.5 Å². The van der Waals surface area contributed by atoms with Crippen LogP contribution < -0.4 is 14.8 Å². The zero-order valence-corrected chi connectivity index (χ0v) is 10.1. The van der Waals surface area contributed by atoms with Gasteiger partial charge in [0, 0.05) is 18.0 Å². The third-order valence-electron chi connectivity index (χ3n) is 3.23. The first-order chi connectivity index (χ1) is 7.88. The van der Waals surface area contributed by atoms with Crippen molar-refractivity contribution in [1.29, 1.82) is 0 Å². The first-order valence-corrected chi connectivity index (χ1v) is 6.55. The molecular weight excluding hydrogens is 222 g/mol. The lowest BCUT2D eigenvalue weighted by atomic mass is 9.97. The van der Waals surface area contributed by atoms with Gasteiger partial charge in [-0.05, 0) is 25.1 Å². The van der Waals surface area contributed by atoms with Gasteiger partial charge in [-0.1, -0.05) is 11.8 Å². The molecule has 0 spiro atoms. The summed E-state index contributed by atoms with van der Waals surface area (Å²) in [6, 6.07) is 4.27. The van der Waals surface area contributed by atoms with Crippen LogP contribution in [-0.4, -0.2) is 26.1 Å². The van der Waals surface area contributed by atoms with Crippen molar-refractivity contribution in [3.8, 4) is 11.5 Å². The number of thioether (sulfide) groups is 1. The minimum atomic E-state index is 0.564. The Balaban J connectivity index is 2.01. The lowest BCUT2D eigenvalue weighted by molar-refractivity contribution is 0.386. The van der Waals surface area contributed by atoms with Gasteiger partial charge in [0.1, 0.15) is 17.4 Å². The normalized spacial score (nSPS) is 22.9. The average molecular weight is 237 g/mol. The summed E-state index contributed by atoms with van der Waals surface area (Å²) < 4.78 is 11.1. The molecular formula is C12H15NO2S. The van der Waals surface area contributed by atoms with Gasteiger partial charge in [0.15, 0.2) is 0 Å². The van der Waals surface area contributed by atoms with Crippen LogP contribution in [0.5, 0.6) is 11.5 Å². The van der Waals surface area contributed by atoms with E-state index in [9.17, 15) is 0 Å². The summed E-state index contributed by atoms with van der Waals surface area (Å²) in [6.07, 6.45) is 1.18. The largest absolute Gasteiger partial charge is 0.496 e. The number of rotatable bonds is 2. The molecule has 16 heavy (non-hydrogen) atoms. The zero-order valence-electron chi connectivity index (χ0n) is 9.29. The number of benzene rings is 1. The molecule has 1 unspecified atom stereocenters. The van der Waals surface area contributed by atoms with E-state index in [-0.39, 0.29) is 0 Å². The molecule has 0 bridgehead atoms. The number of hydrogen-bond acceptors (Lipinski definition) is 4. The van der Waals surface area contributed by atoms with Crippen molar-refractivity contribution in [1.82, 2.24) is 5.32 Å². The third-order valence-corrected chi connectivity index (χ3v) is 4.09. The molecule has 3 rings (SSSR count). The first kappa shape index (κ1) is 10.3. The summed E-state index contributed by atoms with van der Waals surface area (Å²) >= 11 is 1.73. The molecule has 1 aromatic carbocycles. The highest BCUT2D eigenvalue weighted by Gasteiger charge is 2.24. The molecule has 2 heterocycles.